The van der Waals surface area contributed by atoms with Crippen molar-refractivity contribution in [3.8, 4) is 0 Å². The van der Waals surface area contributed by atoms with Crippen LogP contribution in [0, 0.1) is 11.8 Å². The maximum atomic E-state index is 14.6. The van der Waals surface area contributed by atoms with Gasteiger partial charge in [-0.1, -0.05) is 6.07 Å². The Labute approximate surface area is 376 Å². The van der Waals surface area contributed by atoms with Gasteiger partial charge in [0, 0.05) is 107 Å². The highest BCUT2D eigenvalue weighted by molar-refractivity contribution is 6.25. The Morgan fingerprint density at radius 2 is 1.74 bits per heavy atom. The molecule has 0 radical (unpaired) electrons. The Kier molecular flexibility index (Phi) is 13.6. The molecule has 0 spiro atoms. The predicted molar refractivity (Wildman–Crippen MR) is 237 cm³/mol. The van der Waals surface area contributed by atoms with Crippen LogP contribution in [-0.2, 0) is 25.6 Å². The van der Waals surface area contributed by atoms with Crippen molar-refractivity contribution >= 4 is 58.6 Å². The maximum absolute atomic E-state index is 14.6. The lowest BCUT2D eigenvalue weighted by atomic mass is 9.85. The molecule has 6 aliphatic rings. The number of quaternary nitrogens is 1. The van der Waals surface area contributed by atoms with E-state index in [1.54, 1.807) is 44.5 Å². The van der Waals surface area contributed by atoms with Gasteiger partial charge in [0.2, 0.25) is 23.6 Å². The standard InChI is InChI=1S/C46H59F2N11O6/c1-26(60)57-16-12-35(34(24-57)43(50)58-13-4-5-28-17-32(29(19-49)21-51-2)33(42(47)48)18-38(28)58)53-30-10-14-56(15-11-30)40(62)25-55-22-27(23-55)20-52-36-7-3-6-31-41(36)46(65)59(45(31)64)37-8-9-39(61)54-44(37)63/h3,6-7,17-19,21,27,30,34-35,37,42-43,52-53H,4-5,8-16,20,22-25,49-50H2,1-2H3,(H,54,61,63)/p+2/b29-19+,51-21?. The molecule has 0 saturated carbocycles. The summed E-state index contributed by atoms with van der Waals surface area (Å²) in [6, 6.07) is 7.59. The molecule has 4 unspecified atom stereocenters. The van der Waals surface area contributed by atoms with Gasteiger partial charge in [0.05, 0.1) is 29.2 Å². The summed E-state index contributed by atoms with van der Waals surface area (Å²) in [4.78, 5) is 88.9. The monoisotopic (exact) mass is 901 g/mol. The smallest absolute Gasteiger partial charge is 0.264 e. The number of nitrogens with one attached hydrogen (secondary N) is 4. The van der Waals surface area contributed by atoms with Gasteiger partial charge in [-0.05, 0) is 73.9 Å². The van der Waals surface area contributed by atoms with Crippen LogP contribution in [0.4, 0.5) is 20.2 Å². The number of alkyl halides is 2. The normalized spacial score (nSPS) is 24.1. The van der Waals surface area contributed by atoms with Crippen LogP contribution in [0.15, 0.2) is 36.5 Å². The third-order valence-corrected chi connectivity index (χ3v) is 14.2. The van der Waals surface area contributed by atoms with Gasteiger partial charge in [0.1, 0.15) is 13.1 Å². The van der Waals surface area contributed by atoms with E-state index < -0.39 is 36.1 Å². The number of imide groups is 2. The number of benzene rings is 2. The lowest BCUT2D eigenvalue weighted by Gasteiger charge is -2.46. The lowest BCUT2D eigenvalue weighted by molar-refractivity contribution is -0.435. The second-order valence-electron chi connectivity index (χ2n) is 18.3. The number of hydrogen-bond acceptors (Lipinski definition) is 11. The van der Waals surface area contributed by atoms with E-state index in [0.29, 0.717) is 75.7 Å². The van der Waals surface area contributed by atoms with Gasteiger partial charge < -0.3 is 36.8 Å². The fourth-order valence-corrected chi connectivity index (χ4v) is 10.7. The summed E-state index contributed by atoms with van der Waals surface area (Å²) in [5.41, 5.74) is 14.0. The number of fused-ring (bicyclic) bond motifs is 2. The van der Waals surface area contributed by atoms with Crippen molar-refractivity contribution in [3.05, 3.63) is 64.3 Å². The first kappa shape index (κ1) is 45.8. The quantitative estimate of drug-likeness (QED) is 0.109. The van der Waals surface area contributed by atoms with Crippen LogP contribution in [0.1, 0.15) is 89.3 Å². The Bertz CT molecular complexity index is 2280. The molecule has 65 heavy (non-hydrogen) atoms. The Morgan fingerprint density at radius 1 is 0.985 bits per heavy atom. The van der Waals surface area contributed by atoms with E-state index in [1.807, 2.05) is 15.9 Å². The molecule has 8 rings (SSSR count). The van der Waals surface area contributed by atoms with Gasteiger partial charge in [-0.3, -0.25) is 48.9 Å². The molecule has 17 nitrogen and oxygen atoms in total. The zero-order chi connectivity index (χ0) is 46.1. The van der Waals surface area contributed by atoms with Crippen LogP contribution in [0.25, 0.3) is 5.57 Å². The molecule has 0 aliphatic carbocycles. The van der Waals surface area contributed by atoms with E-state index in [-0.39, 0.29) is 71.4 Å². The second-order valence-corrected chi connectivity index (χ2v) is 18.3. The average molecular weight is 902 g/mol. The number of halogens is 2. The molecule has 4 atom stereocenters. The van der Waals surface area contributed by atoms with Crippen LogP contribution in [0.5, 0.6) is 0 Å². The predicted octanol–water partition coefficient (Wildman–Crippen LogP) is -0.712. The summed E-state index contributed by atoms with van der Waals surface area (Å²) in [7, 11) is 1.70. The van der Waals surface area contributed by atoms with Crippen LogP contribution >= 0.6 is 0 Å². The van der Waals surface area contributed by atoms with Crippen molar-refractivity contribution in [3.63, 3.8) is 0 Å². The lowest BCUT2D eigenvalue weighted by Crippen LogP contribution is -2.77. The number of carbonyl (C=O) groups is 6. The molecule has 19 heteroatoms. The molecule has 2 aromatic carbocycles. The summed E-state index contributed by atoms with van der Waals surface area (Å²) >= 11 is 0. The molecule has 6 amide bonds. The Hall–Kier alpha value is -5.79. The van der Waals surface area contributed by atoms with Crippen molar-refractivity contribution < 1.29 is 48.3 Å². The molecule has 348 valence electrons. The molecule has 9 N–H and O–H groups in total. The summed E-state index contributed by atoms with van der Waals surface area (Å²) in [5, 5.41) is 9.45. The maximum Gasteiger partial charge on any atom is 0.264 e. The molecule has 2 aromatic rings. The zero-order valence-corrected chi connectivity index (χ0v) is 37.1. The number of carbonyl (C=O) groups excluding carboxylic acids is 6. The number of allylic oxidation sites excluding steroid dienone is 1. The topological polar surface area (TPSA) is 222 Å². The third-order valence-electron chi connectivity index (χ3n) is 14.2. The number of piperidine rings is 3. The van der Waals surface area contributed by atoms with Crippen molar-refractivity contribution in [1.82, 2.24) is 30.2 Å². The number of anilines is 2. The van der Waals surface area contributed by atoms with Crippen LogP contribution < -0.4 is 37.3 Å². The highest BCUT2D eigenvalue weighted by atomic mass is 19.3. The van der Waals surface area contributed by atoms with Crippen LogP contribution in [0.2, 0.25) is 0 Å². The first-order chi connectivity index (χ1) is 31.3. The summed E-state index contributed by atoms with van der Waals surface area (Å²) in [6.07, 6.45) is 3.94. The van der Waals surface area contributed by atoms with Crippen LogP contribution in [-0.4, -0.2) is 151 Å². The van der Waals surface area contributed by atoms with Gasteiger partial charge >= 0.3 is 0 Å². The molecule has 4 fully saturated rings. The fourth-order valence-electron chi connectivity index (χ4n) is 10.7. The summed E-state index contributed by atoms with van der Waals surface area (Å²) in [6.45, 7) is 6.81. The van der Waals surface area contributed by atoms with Gasteiger partial charge in [-0.15, -0.1) is 0 Å². The number of amides is 6. The molecule has 0 bridgehead atoms. The molecule has 4 saturated heterocycles. The largest absolute Gasteiger partial charge is 0.404 e. The van der Waals surface area contributed by atoms with E-state index in [9.17, 15) is 37.5 Å². The van der Waals surface area contributed by atoms with Gasteiger partial charge in [0.25, 0.3) is 18.2 Å². The number of hydrogen-bond donors (Lipinski definition) is 6. The van der Waals surface area contributed by atoms with Crippen molar-refractivity contribution in [1.29, 1.82) is 0 Å². The van der Waals surface area contributed by atoms with E-state index in [4.69, 9.17) is 5.73 Å². The Balaban J connectivity index is 0.832. The minimum absolute atomic E-state index is 0.00330. The minimum Gasteiger partial charge on any atom is -0.404 e. The van der Waals surface area contributed by atoms with Crippen LogP contribution in [0.3, 0.4) is 0 Å². The van der Waals surface area contributed by atoms with Crippen molar-refractivity contribution in [2.24, 2.45) is 17.6 Å². The fraction of sp³-hybridized carbons (Fsp3) is 0.543. The Morgan fingerprint density at radius 3 is 2.43 bits per heavy atom. The number of rotatable bonds is 13. The van der Waals surface area contributed by atoms with E-state index in [1.165, 1.54) is 6.20 Å². The van der Waals surface area contributed by atoms with Crippen molar-refractivity contribution in [2.75, 3.05) is 76.2 Å². The molecule has 0 aromatic heterocycles. The number of nitrogens with zero attached hydrogens (tertiary/aromatic N) is 5. The number of likely N-dealkylation sites (tertiary alicyclic amines) is 3. The zero-order valence-electron chi connectivity index (χ0n) is 37.1. The first-order valence-electron chi connectivity index (χ1n) is 22.8. The van der Waals surface area contributed by atoms with Crippen molar-refractivity contribution in [2.45, 2.75) is 82.6 Å². The average Bonchev–Trinajstić information content (AvgIpc) is 3.54. The van der Waals surface area contributed by atoms with Gasteiger partial charge in [-0.25, -0.2) is 8.78 Å². The number of aryl methyl sites for hydroxylation is 1. The summed E-state index contributed by atoms with van der Waals surface area (Å²) in [5.74, 6) is -1.97. The molecule has 6 aliphatic heterocycles. The highest BCUT2D eigenvalue weighted by Crippen LogP contribution is 2.39. The van der Waals surface area contributed by atoms with E-state index in [2.05, 4.69) is 36.5 Å². The molecular weight excluding hydrogens is 841 g/mol. The molecule has 6 heterocycles. The number of nitrogens with two attached hydrogens (primary N) is 1. The van der Waals surface area contributed by atoms with E-state index in [0.717, 1.165) is 48.3 Å². The van der Waals surface area contributed by atoms with E-state index >= 15 is 0 Å². The third kappa shape index (κ3) is 9.36. The SMILES string of the molecule is C[NH+]=C/C(=C\N)c1cc2c(cc1C(F)F)N(C([NH3+])C1CN(C(C)=O)CCC1NC1CCN(C(=O)CN3CC(CNc4cccc5c4C(=O)N(C4CCC(=O)NC4=O)C5=O)C3)CC1)CCC2. The van der Waals surface area contributed by atoms with Gasteiger partial charge in [0.15, 0.2) is 12.4 Å². The molecular formula is C46H61F2N11O6+2. The summed E-state index contributed by atoms with van der Waals surface area (Å²) < 4.78 is 29.2. The second kappa shape index (κ2) is 19.4. The van der Waals surface area contributed by atoms with Gasteiger partial charge in [-0.2, -0.15) is 0 Å². The highest BCUT2D eigenvalue weighted by Gasteiger charge is 2.46. The minimum atomic E-state index is -2.71. The first-order valence-corrected chi connectivity index (χ1v) is 22.8.